The molecule has 0 amide bonds. The summed E-state index contributed by atoms with van der Waals surface area (Å²) in [4.78, 5) is 10.6. The van der Waals surface area contributed by atoms with E-state index in [0.717, 1.165) is 5.56 Å². The van der Waals surface area contributed by atoms with Crippen molar-refractivity contribution >= 4 is 5.97 Å². The van der Waals surface area contributed by atoms with Gasteiger partial charge in [-0.1, -0.05) is 19.9 Å². The second-order valence-corrected chi connectivity index (χ2v) is 4.13. The van der Waals surface area contributed by atoms with E-state index >= 15 is 0 Å². The van der Waals surface area contributed by atoms with Crippen LogP contribution in [0.3, 0.4) is 0 Å². The van der Waals surface area contributed by atoms with E-state index in [1.165, 1.54) is 12.1 Å². The predicted octanol–water partition coefficient (Wildman–Crippen LogP) is 2.42. The van der Waals surface area contributed by atoms with Gasteiger partial charge in [-0.3, -0.25) is 4.79 Å². The maximum Gasteiger partial charge on any atom is 0.305 e. The minimum absolute atomic E-state index is 0.190. The van der Waals surface area contributed by atoms with Gasteiger partial charge in [0.25, 0.3) is 0 Å². The Morgan fingerprint density at radius 1 is 1.44 bits per heavy atom. The van der Waals surface area contributed by atoms with Crippen LogP contribution < -0.4 is 5.73 Å². The number of halogens is 1. The molecule has 3 nitrogen and oxygen atoms in total. The zero-order valence-corrected chi connectivity index (χ0v) is 9.40. The van der Waals surface area contributed by atoms with Gasteiger partial charge in [-0.05, 0) is 29.2 Å². The van der Waals surface area contributed by atoms with Crippen molar-refractivity contribution in [1.82, 2.24) is 0 Å². The molecule has 0 aromatic heterocycles. The Morgan fingerprint density at radius 2 is 2.06 bits per heavy atom. The standard InChI is InChI=1S/C12H16FNO2/c1-7(2)9-4-3-8(13)5-10(9)11(14)6-12(15)16/h3-5,7,11H,6,14H2,1-2H3,(H,15,16). The molecule has 0 aliphatic heterocycles. The maximum absolute atomic E-state index is 13.1. The lowest BCUT2D eigenvalue weighted by atomic mass is 9.92. The Bertz CT molecular complexity index is 391. The topological polar surface area (TPSA) is 63.3 Å². The first-order valence-electron chi connectivity index (χ1n) is 5.18. The van der Waals surface area contributed by atoms with E-state index < -0.39 is 12.0 Å². The molecule has 0 saturated carbocycles. The number of aliphatic carboxylic acids is 1. The Hall–Kier alpha value is -1.42. The van der Waals surface area contributed by atoms with Crippen LogP contribution >= 0.6 is 0 Å². The zero-order chi connectivity index (χ0) is 12.3. The van der Waals surface area contributed by atoms with Crippen molar-refractivity contribution in [3.05, 3.63) is 35.1 Å². The molecular formula is C12H16FNO2. The van der Waals surface area contributed by atoms with Gasteiger partial charge in [0.1, 0.15) is 5.82 Å². The van der Waals surface area contributed by atoms with Crippen LogP contribution in [0.5, 0.6) is 0 Å². The maximum atomic E-state index is 13.1. The number of carbonyl (C=O) groups is 1. The number of benzene rings is 1. The van der Waals surface area contributed by atoms with Crippen molar-refractivity contribution in [1.29, 1.82) is 0 Å². The Labute approximate surface area is 94.1 Å². The van der Waals surface area contributed by atoms with Gasteiger partial charge in [-0.25, -0.2) is 4.39 Å². The highest BCUT2D eigenvalue weighted by Crippen LogP contribution is 2.26. The van der Waals surface area contributed by atoms with Crippen LogP contribution in [0.2, 0.25) is 0 Å². The number of carboxylic acid groups (broad SMARTS) is 1. The van der Waals surface area contributed by atoms with Crippen molar-refractivity contribution < 1.29 is 14.3 Å². The monoisotopic (exact) mass is 225 g/mol. The normalized spacial score (nSPS) is 12.8. The largest absolute Gasteiger partial charge is 0.481 e. The minimum Gasteiger partial charge on any atom is -0.481 e. The molecule has 0 saturated heterocycles. The summed E-state index contributed by atoms with van der Waals surface area (Å²) in [5.41, 5.74) is 7.24. The lowest BCUT2D eigenvalue weighted by molar-refractivity contribution is -0.137. The summed E-state index contributed by atoms with van der Waals surface area (Å²) in [6.45, 7) is 3.93. The molecule has 1 unspecified atom stereocenters. The summed E-state index contributed by atoms with van der Waals surface area (Å²) < 4.78 is 13.1. The van der Waals surface area contributed by atoms with Crippen LogP contribution in [0.15, 0.2) is 18.2 Å². The smallest absolute Gasteiger partial charge is 0.305 e. The first kappa shape index (κ1) is 12.6. The summed E-state index contributed by atoms with van der Waals surface area (Å²) in [6, 6.07) is 3.69. The summed E-state index contributed by atoms with van der Waals surface area (Å²) in [5.74, 6) is -1.18. The molecule has 0 aliphatic rings. The van der Waals surface area contributed by atoms with Crippen LogP contribution in [0, 0.1) is 5.82 Å². The molecule has 0 bridgehead atoms. The third-order valence-electron chi connectivity index (χ3n) is 2.46. The molecule has 1 aromatic rings. The highest BCUT2D eigenvalue weighted by molar-refractivity contribution is 5.68. The molecule has 1 rings (SSSR count). The van der Waals surface area contributed by atoms with E-state index in [1.54, 1.807) is 6.07 Å². The summed E-state index contributed by atoms with van der Waals surface area (Å²) in [7, 11) is 0. The molecule has 0 radical (unpaired) electrons. The SMILES string of the molecule is CC(C)c1ccc(F)cc1C(N)CC(=O)O. The van der Waals surface area contributed by atoms with E-state index in [4.69, 9.17) is 10.8 Å². The van der Waals surface area contributed by atoms with Gasteiger partial charge in [0.2, 0.25) is 0 Å². The molecular weight excluding hydrogens is 209 g/mol. The van der Waals surface area contributed by atoms with Crippen LogP contribution in [-0.4, -0.2) is 11.1 Å². The second kappa shape index (κ2) is 5.07. The van der Waals surface area contributed by atoms with Gasteiger partial charge in [-0.2, -0.15) is 0 Å². The van der Waals surface area contributed by atoms with E-state index in [1.807, 2.05) is 13.8 Å². The molecule has 0 fully saturated rings. The van der Waals surface area contributed by atoms with Gasteiger partial charge in [0.05, 0.1) is 6.42 Å². The number of carboxylic acids is 1. The van der Waals surface area contributed by atoms with E-state index in [-0.39, 0.29) is 18.2 Å². The minimum atomic E-state index is -0.980. The van der Waals surface area contributed by atoms with Crippen molar-refractivity contribution in [2.75, 3.05) is 0 Å². The van der Waals surface area contributed by atoms with E-state index in [9.17, 15) is 9.18 Å². The van der Waals surface area contributed by atoms with Crippen LogP contribution in [0.4, 0.5) is 4.39 Å². The lowest BCUT2D eigenvalue weighted by Crippen LogP contribution is -2.17. The summed E-state index contributed by atoms with van der Waals surface area (Å²) in [6.07, 6.45) is -0.191. The van der Waals surface area contributed by atoms with E-state index in [0.29, 0.717) is 5.56 Å². The van der Waals surface area contributed by atoms with Crippen LogP contribution in [-0.2, 0) is 4.79 Å². The molecule has 1 aromatic carbocycles. The van der Waals surface area contributed by atoms with Crippen molar-refractivity contribution in [2.24, 2.45) is 5.73 Å². The van der Waals surface area contributed by atoms with Gasteiger partial charge < -0.3 is 10.8 Å². The van der Waals surface area contributed by atoms with Crippen molar-refractivity contribution in [3.63, 3.8) is 0 Å². The van der Waals surface area contributed by atoms with Gasteiger partial charge in [0, 0.05) is 6.04 Å². The molecule has 4 heteroatoms. The number of nitrogens with two attached hydrogens (primary N) is 1. The fourth-order valence-corrected chi connectivity index (χ4v) is 1.69. The Kier molecular flexibility index (Phi) is 4.01. The van der Waals surface area contributed by atoms with Crippen LogP contribution in [0.25, 0.3) is 0 Å². The third kappa shape index (κ3) is 3.03. The highest BCUT2D eigenvalue weighted by Gasteiger charge is 2.16. The zero-order valence-electron chi connectivity index (χ0n) is 9.40. The van der Waals surface area contributed by atoms with Crippen molar-refractivity contribution in [2.45, 2.75) is 32.2 Å². The second-order valence-electron chi connectivity index (χ2n) is 4.13. The average molecular weight is 225 g/mol. The quantitative estimate of drug-likeness (QED) is 0.827. The first-order chi connectivity index (χ1) is 7.41. The van der Waals surface area contributed by atoms with Gasteiger partial charge >= 0.3 is 5.97 Å². The van der Waals surface area contributed by atoms with E-state index in [2.05, 4.69) is 0 Å². The molecule has 16 heavy (non-hydrogen) atoms. The highest BCUT2D eigenvalue weighted by atomic mass is 19.1. The summed E-state index contributed by atoms with van der Waals surface area (Å²) >= 11 is 0. The lowest BCUT2D eigenvalue weighted by Gasteiger charge is -2.17. The fourth-order valence-electron chi connectivity index (χ4n) is 1.69. The average Bonchev–Trinajstić information content (AvgIpc) is 2.15. The van der Waals surface area contributed by atoms with Crippen molar-refractivity contribution in [3.8, 4) is 0 Å². The van der Waals surface area contributed by atoms with Gasteiger partial charge in [0.15, 0.2) is 0 Å². The summed E-state index contributed by atoms with van der Waals surface area (Å²) in [5, 5.41) is 8.67. The Balaban J connectivity index is 3.08. The molecule has 0 spiro atoms. The fraction of sp³-hybridized carbons (Fsp3) is 0.417. The van der Waals surface area contributed by atoms with Gasteiger partial charge in [-0.15, -0.1) is 0 Å². The predicted molar refractivity (Wildman–Crippen MR) is 59.7 cm³/mol. The Morgan fingerprint density at radius 3 is 2.56 bits per heavy atom. The molecule has 0 heterocycles. The molecule has 3 N–H and O–H groups in total. The number of hydrogen-bond donors (Lipinski definition) is 2. The molecule has 1 atom stereocenters. The third-order valence-corrected chi connectivity index (χ3v) is 2.46. The number of hydrogen-bond acceptors (Lipinski definition) is 2. The van der Waals surface area contributed by atoms with Crippen LogP contribution in [0.1, 0.15) is 43.4 Å². The first-order valence-corrected chi connectivity index (χ1v) is 5.18. The molecule has 88 valence electrons. The number of rotatable bonds is 4. The molecule has 0 aliphatic carbocycles.